The number of halogens is 2. The van der Waals surface area contributed by atoms with Crippen LogP contribution in [0.2, 0.25) is 10.0 Å². The number of thioether (sulfide) groups is 1. The predicted octanol–water partition coefficient (Wildman–Crippen LogP) is 3.89. The van der Waals surface area contributed by atoms with Gasteiger partial charge in [-0.05, 0) is 41.6 Å². The maximum absolute atomic E-state index is 11.6. The van der Waals surface area contributed by atoms with Gasteiger partial charge in [0.1, 0.15) is 12.2 Å². The molecular weight excluding hydrogens is 391 g/mol. The van der Waals surface area contributed by atoms with Gasteiger partial charge >= 0.3 is 0 Å². The normalized spacial score (nSPS) is 14.4. The van der Waals surface area contributed by atoms with Gasteiger partial charge in [-0.25, -0.2) is 8.42 Å². The predicted molar refractivity (Wildman–Crippen MR) is 97.7 cm³/mol. The Labute approximate surface area is 155 Å². The van der Waals surface area contributed by atoms with Crippen LogP contribution in [-0.2, 0) is 9.84 Å². The van der Waals surface area contributed by atoms with Gasteiger partial charge in [-0.1, -0.05) is 35.3 Å². The lowest BCUT2D eigenvalue weighted by atomic mass is 9.98. The van der Waals surface area contributed by atoms with E-state index in [0.717, 1.165) is 11.2 Å². The van der Waals surface area contributed by atoms with Crippen LogP contribution in [0.15, 0.2) is 46.2 Å². The van der Waals surface area contributed by atoms with E-state index in [4.69, 9.17) is 23.2 Å². The summed E-state index contributed by atoms with van der Waals surface area (Å²) in [6, 6.07) is 9.11. The van der Waals surface area contributed by atoms with Crippen molar-refractivity contribution in [2.24, 2.45) is 0 Å². The van der Waals surface area contributed by atoms with E-state index >= 15 is 0 Å². The molecule has 2 atom stereocenters. The molecule has 0 radical (unpaired) electrons. The Balaban J connectivity index is 2.32. The van der Waals surface area contributed by atoms with Gasteiger partial charge in [0.05, 0.1) is 14.9 Å². The molecule has 0 amide bonds. The maximum Gasteiger partial charge on any atom is 0.176 e. The van der Waals surface area contributed by atoms with Crippen molar-refractivity contribution in [1.82, 2.24) is 0 Å². The van der Waals surface area contributed by atoms with E-state index < -0.39 is 22.0 Å². The quantitative estimate of drug-likeness (QED) is 0.736. The van der Waals surface area contributed by atoms with Gasteiger partial charge in [0.15, 0.2) is 9.84 Å². The highest BCUT2D eigenvalue weighted by molar-refractivity contribution is 7.98. The summed E-state index contributed by atoms with van der Waals surface area (Å²) >= 11 is 13.6. The molecule has 130 valence electrons. The minimum absolute atomic E-state index is 0.00277. The molecule has 0 heterocycles. The van der Waals surface area contributed by atoms with Gasteiger partial charge in [-0.2, -0.15) is 0 Å². The third-order valence-electron chi connectivity index (χ3n) is 3.51. The smallest absolute Gasteiger partial charge is 0.176 e. The standard InChI is InChI=1S/C16H16Cl2O4S2/c1-23-13-5-3-9(7-11(13)17)15(19)16(20)10-4-6-14(12(18)8-10)24(2,21)22/h3-8,15-16,19-20H,1-2H3. The van der Waals surface area contributed by atoms with Crippen LogP contribution < -0.4 is 0 Å². The Kier molecular flexibility index (Phi) is 6.23. The first-order valence-electron chi connectivity index (χ1n) is 6.84. The molecule has 8 heteroatoms. The number of aliphatic hydroxyl groups excluding tert-OH is 2. The second kappa shape index (κ2) is 7.64. The van der Waals surface area contributed by atoms with Crippen molar-refractivity contribution in [2.45, 2.75) is 22.0 Å². The fourth-order valence-corrected chi connectivity index (χ4v) is 4.45. The number of rotatable bonds is 5. The number of benzene rings is 2. The summed E-state index contributed by atoms with van der Waals surface area (Å²) in [5.74, 6) is 0. The topological polar surface area (TPSA) is 74.6 Å². The van der Waals surface area contributed by atoms with Crippen molar-refractivity contribution in [3.8, 4) is 0 Å². The third kappa shape index (κ3) is 4.25. The Hall–Kier alpha value is -0.760. The second-order valence-corrected chi connectivity index (χ2v) is 8.89. The number of sulfone groups is 1. The summed E-state index contributed by atoms with van der Waals surface area (Å²) in [6.45, 7) is 0. The highest BCUT2D eigenvalue weighted by Gasteiger charge is 2.23. The van der Waals surface area contributed by atoms with Gasteiger partial charge < -0.3 is 10.2 Å². The van der Waals surface area contributed by atoms with Crippen LogP contribution in [-0.4, -0.2) is 31.1 Å². The van der Waals surface area contributed by atoms with Crippen LogP contribution in [0, 0.1) is 0 Å². The monoisotopic (exact) mass is 406 g/mol. The van der Waals surface area contributed by atoms with Crippen molar-refractivity contribution in [3.05, 3.63) is 57.6 Å². The van der Waals surface area contributed by atoms with E-state index in [1.54, 1.807) is 18.2 Å². The van der Waals surface area contributed by atoms with Crippen LogP contribution in [0.5, 0.6) is 0 Å². The van der Waals surface area contributed by atoms with E-state index in [2.05, 4.69) is 0 Å². The zero-order valence-corrected chi connectivity index (χ0v) is 16.0. The summed E-state index contributed by atoms with van der Waals surface area (Å²) < 4.78 is 23.2. The average molecular weight is 407 g/mol. The number of aliphatic hydroxyl groups is 2. The molecule has 4 nitrogen and oxygen atoms in total. The zero-order valence-electron chi connectivity index (χ0n) is 12.9. The van der Waals surface area contributed by atoms with E-state index in [0.29, 0.717) is 16.1 Å². The first-order valence-corrected chi connectivity index (χ1v) is 10.7. The lowest BCUT2D eigenvalue weighted by molar-refractivity contribution is 0.0172. The largest absolute Gasteiger partial charge is 0.385 e. The van der Waals surface area contributed by atoms with E-state index in [-0.39, 0.29) is 9.92 Å². The van der Waals surface area contributed by atoms with Gasteiger partial charge in [-0.15, -0.1) is 11.8 Å². The first-order chi connectivity index (χ1) is 11.1. The number of hydrogen-bond acceptors (Lipinski definition) is 5. The fourth-order valence-electron chi connectivity index (χ4n) is 2.23. The Morgan fingerprint density at radius 2 is 1.46 bits per heavy atom. The molecule has 2 rings (SSSR count). The number of hydrogen-bond donors (Lipinski definition) is 2. The van der Waals surface area contributed by atoms with Crippen LogP contribution in [0.1, 0.15) is 23.3 Å². The molecule has 0 aliphatic heterocycles. The van der Waals surface area contributed by atoms with Crippen LogP contribution in [0.3, 0.4) is 0 Å². The summed E-state index contributed by atoms with van der Waals surface area (Å²) in [5, 5.41) is 21.2. The van der Waals surface area contributed by atoms with E-state index in [9.17, 15) is 18.6 Å². The summed E-state index contributed by atoms with van der Waals surface area (Å²) in [7, 11) is -3.46. The molecule has 0 spiro atoms. The molecule has 0 aliphatic carbocycles. The van der Waals surface area contributed by atoms with Gasteiger partial charge in [0, 0.05) is 11.2 Å². The zero-order chi connectivity index (χ0) is 18.1. The molecule has 2 aromatic carbocycles. The highest BCUT2D eigenvalue weighted by atomic mass is 35.5. The van der Waals surface area contributed by atoms with Crippen LogP contribution in [0.25, 0.3) is 0 Å². The lowest BCUT2D eigenvalue weighted by Crippen LogP contribution is -2.11. The van der Waals surface area contributed by atoms with Gasteiger partial charge in [0.25, 0.3) is 0 Å². The van der Waals surface area contributed by atoms with E-state index in [1.165, 1.54) is 30.0 Å². The minimum atomic E-state index is -3.46. The van der Waals surface area contributed by atoms with Crippen molar-refractivity contribution in [2.75, 3.05) is 12.5 Å². The van der Waals surface area contributed by atoms with Crippen LogP contribution in [0.4, 0.5) is 0 Å². The third-order valence-corrected chi connectivity index (χ3v) is 6.31. The van der Waals surface area contributed by atoms with Crippen molar-refractivity contribution in [3.63, 3.8) is 0 Å². The molecule has 0 saturated heterocycles. The molecule has 0 saturated carbocycles. The molecule has 0 bridgehead atoms. The second-order valence-electron chi connectivity index (χ2n) is 5.25. The maximum atomic E-state index is 11.6. The van der Waals surface area contributed by atoms with Crippen molar-refractivity contribution >= 4 is 44.8 Å². The summed E-state index contributed by atoms with van der Waals surface area (Å²) in [5.41, 5.74) is 0.763. The average Bonchev–Trinajstić information content (AvgIpc) is 2.52. The first kappa shape index (κ1) is 19.6. The Bertz CT molecular complexity index is 853. The molecule has 0 fully saturated rings. The fraction of sp³-hybridized carbons (Fsp3) is 0.250. The lowest BCUT2D eigenvalue weighted by Gasteiger charge is -2.20. The molecule has 24 heavy (non-hydrogen) atoms. The molecule has 0 aromatic heterocycles. The summed E-state index contributed by atoms with van der Waals surface area (Å²) in [6.07, 6.45) is 0.442. The SMILES string of the molecule is CSc1ccc(C(O)C(O)c2ccc(S(C)(=O)=O)c(Cl)c2)cc1Cl. The van der Waals surface area contributed by atoms with Gasteiger partial charge in [0.2, 0.25) is 0 Å². The molecular formula is C16H16Cl2O4S2. The van der Waals surface area contributed by atoms with Gasteiger partial charge in [-0.3, -0.25) is 0 Å². The minimum Gasteiger partial charge on any atom is -0.385 e. The molecule has 2 aromatic rings. The van der Waals surface area contributed by atoms with Crippen molar-refractivity contribution in [1.29, 1.82) is 0 Å². The van der Waals surface area contributed by atoms with Crippen LogP contribution >= 0.6 is 35.0 Å². The molecule has 0 aliphatic rings. The Morgan fingerprint density at radius 3 is 1.88 bits per heavy atom. The van der Waals surface area contributed by atoms with E-state index in [1.807, 2.05) is 6.26 Å². The molecule has 2 unspecified atom stereocenters. The summed E-state index contributed by atoms with van der Waals surface area (Å²) in [4.78, 5) is 0.838. The van der Waals surface area contributed by atoms with Crippen molar-refractivity contribution < 1.29 is 18.6 Å². The molecule has 2 N–H and O–H groups in total. The highest BCUT2D eigenvalue weighted by Crippen LogP contribution is 2.35. The Morgan fingerprint density at radius 1 is 0.958 bits per heavy atom.